The molecule has 90 valence electrons. The van der Waals surface area contributed by atoms with E-state index in [0.717, 1.165) is 12.1 Å². The molecule has 1 heterocycles. The standard InChI is InChI=1S/C10H12ClF3N2/c1-3-16(4-2)9-6-7(10(12,13)14)5-8(11)15-9/h5-6H,3-4H2,1-2H3. The highest BCUT2D eigenvalue weighted by atomic mass is 35.5. The van der Waals surface area contributed by atoms with Crippen LogP contribution < -0.4 is 4.90 Å². The van der Waals surface area contributed by atoms with Crippen LogP contribution in [-0.2, 0) is 6.18 Å². The van der Waals surface area contributed by atoms with E-state index in [4.69, 9.17) is 11.6 Å². The molecule has 0 aliphatic carbocycles. The number of alkyl halides is 3. The molecular formula is C10H12ClF3N2. The molecule has 0 radical (unpaired) electrons. The second kappa shape index (κ2) is 4.91. The molecule has 0 aliphatic rings. The quantitative estimate of drug-likeness (QED) is 0.764. The van der Waals surface area contributed by atoms with Crippen LogP contribution in [0.2, 0.25) is 5.15 Å². The monoisotopic (exact) mass is 252 g/mol. The number of hydrogen-bond donors (Lipinski definition) is 0. The zero-order valence-corrected chi connectivity index (χ0v) is 9.73. The first-order valence-corrected chi connectivity index (χ1v) is 5.26. The minimum Gasteiger partial charge on any atom is -0.357 e. The largest absolute Gasteiger partial charge is 0.416 e. The predicted octanol–water partition coefficient (Wildman–Crippen LogP) is 3.60. The highest BCUT2D eigenvalue weighted by molar-refractivity contribution is 6.29. The summed E-state index contributed by atoms with van der Waals surface area (Å²) in [7, 11) is 0. The van der Waals surface area contributed by atoms with Crippen LogP contribution in [-0.4, -0.2) is 18.1 Å². The zero-order chi connectivity index (χ0) is 12.3. The predicted molar refractivity (Wildman–Crippen MR) is 57.8 cm³/mol. The van der Waals surface area contributed by atoms with Crippen molar-refractivity contribution in [1.29, 1.82) is 0 Å². The van der Waals surface area contributed by atoms with Gasteiger partial charge < -0.3 is 4.90 Å². The van der Waals surface area contributed by atoms with E-state index < -0.39 is 11.7 Å². The highest BCUT2D eigenvalue weighted by Crippen LogP contribution is 2.32. The van der Waals surface area contributed by atoms with Gasteiger partial charge in [0.25, 0.3) is 0 Å². The van der Waals surface area contributed by atoms with E-state index in [-0.39, 0.29) is 11.0 Å². The molecule has 0 saturated carbocycles. The first-order chi connectivity index (χ1) is 7.38. The lowest BCUT2D eigenvalue weighted by molar-refractivity contribution is -0.137. The minimum atomic E-state index is -4.39. The van der Waals surface area contributed by atoms with E-state index >= 15 is 0 Å². The van der Waals surface area contributed by atoms with Crippen molar-refractivity contribution < 1.29 is 13.2 Å². The maximum atomic E-state index is 12.5. The van der Waals surface area contributed by atoms with Crippen LogP contribution in [0, 0.1) is 0 Å². The normalized spacial score (nSPS) is 11.6. The van der Waals surface area contributed by atoms with Gasteiger partial charge in [0.05, 0.1) is 5.56 Å². The third-order valence-corrected chi connectivity index (χ3v) is 2.39. The minimum absolute atomic E-state index is 0.142. The molecule has 16 heavy (non-hydrogen) atoms. The van der Waals surface area contributed by atoms with Crippen molar-refractivity contribution in [2.45, 2.75) is 20.0 Å². The molecule has 1 rings (SSSR count). The van der Waals surface area contributed by atoms with Gasteiger partial charge in [0.15, 0.2) is 0 Å². The van der Waals surface area contributed by atoms with E-state index in [9.17, 15) is 13.2 Å². The zero-order valence-electron chi connectivity index (χ0n) is 8.98. The van der Waals surface area contributed by atoms with Gasteiger partial charge in [-0.1, -0.05) is 11.6 Å². The Morgan fingerprint density at radius 2 is 1.81 bits per heavy atom. The first-order valence-electron chi connectivity index (χ1n) is 4.88. The van der Waals surface area contributed by atoms with Crippen molar-refractivity contribution in [3.63, 3.8) is 0 Å². The molecule has 0 fully saturated rings. The van der Waals surface area contributed by atoms with Crippen LogP contribution in [0.5, 0.6) is 0 Å². The molecule has 0 atom stereocenters. The fraction of sp³-hybridized carbons (Fsp3) is 0.500. The fourth-order valence-electron chi connectivity index (χ4n) is 1.36. The number of rotatable bonds is 3. The van der Waals surface area contributed by atoms with Gasteiger partial charge in [0, 0.05) is 13.1 Å². The van der Waals surface area contributed by atoms with Crippen molar-refractivity contribution >= 4 is 17.4 Å². The van der Waals surface area contributed by atoms with Gasteiger partial charge in [0.2, 0.25) is 0 Å². The summed E-state index contributed by atoms with van der Waals surface area (Å²) in [5.74, 6) is 0.254. The first kappa shape index (κ1) is 13.1. The van der Waals surface area contributed by atoms with Crippen molar-refractivity contribution in [2.75, 3.05) is 18.0 Å². The summed E-state index contributed by atoms with van der Waals surface area (Å²) in [5, 5.41) is -0.142. The Morgan fingerprint density at radius 1 is 1.25 bits per heavy atom. The van der Waals surface area contributed by atoms with Crippen molar-refractivity contribution in [2.24, 2.45) is 0 Å². The molecule has 2 nitrogen and oxygen atoms in total. The molecule has 6 heteroatoms. The number of anilines is 1. The van der Waals surface area contributed by atoms with Gasteiger partial charge in [-0.25, -0.2) is 4.98 Å². The Hall–Kier alpha value is -0.970. The number of aromatic nitrogens is 1. The fourth-order valence-corrected chi connectivity index (χ4v) is 1.56. The van der Waals surface area contributed by atoms with Crippen molar-refractivity contribution in [3.05, 3.63) is 22.8 Å². The molecule has 0 spiro atoms. The number of hydrogen-bond acceptors (Lipinski definition) is 2. The lowest BCUT2D eigenvalue weighted by Gasteiger charge is -2.21. The SMILES string of the molecule is CCN(CC)c1cc(C(F)(F)F)cc(Cl)n1. The van der Waals surface area contributed by atoms with Gasteiger partial charge in [-0.15, -0.1) is 0 Å². The van der Waals surface area contributed by atoms with Crippen LogP contribution in [0.3, 0.4) is 0 Å². The molecule has 0 aromatic carbocycles. The summed E-state index contributed by atoms with van der Waals surface area (Å²) in [4.78, 5) is 5.59. The lowest BCUT2D eigenvalue weighted by atomic mass is 10.2. The Labute approximate surface area is 97.0 Å². The number of halogens is 4. The Balaban J connectivity index is 3.17. The van der Waals surface area contributed by atoms with E-state index in [2.05, 4.69) is 4.98 Å². The molecule has 0 bridgehead atoms. The average Bonchev–Trinajstić information content (AvgIpc) is 2.17. The summed E-state index contributed by atoms with van der Waals surface area (Å²) >= 11 is 5.58. The van der Waals surface area contributed by atoms with Crippen LogP contribution in [0.25, 0.3) is 0 Å². The van der Waals surface area contributed by atoms with Crippen LogP contribution in [0.1, 0.15) is 19.4 Å². The number of pyridine rings is 1. The second-order valence-electron chi connectivity index (χ2n) is 3.21. The van der Waals surface area contributed by atoms with Gasteiger partial charge in [0.1, 0.15) is 11.0 Å². The van der Waals surface area contributed by atoms with Gasteiger partial charge >= 0.3 is 6.18 Å². The summed E-state index contributed by atoms with van der Waals surface area (Å²) in [6.07, 6.45) is -4.39. The third kappa shape index (κ3) is 3.01. The van der Waals surface area contributed by atoms with E-state index in [0.29, 0.717) is 13.1 Å². The van der Waals surface area contributed by atoms with Crippen LogP contribution >= 0.6 is 11.6 Å². The third-order valence-electron chi connectivity index (χ3n) is 2.20. The summed E-state index contributed by atoms with van der Waals surface area (Å²) in [5.41, 5.74) is -0.769. The summed E-state index contributed by atoms with van der Waals surface area (Å²) in [6.45, 7) is 4.86. The Bertz CT molecular complexity index is 362. The van der Waals surface area contributed by atoms with Crippen LogP contribution in [0.15, 0.2) is 12.1 Å². The molecular weight excluding hydrogens is 241 g/mol. The van der Waals surface area contributed by atoms with Gasteiger partial charge in [-0.2, -0.15) is 13.2 Å². The van der Waals surface area contributed by atoms with E-state index in [1.165, 1.54) is 0 Å². The Kier molecular flexibility index (Phi) is 4.02. The molecule has 0 saturated heterocycles. The topological polar surface area (TPSA) is 16.1 Å². The molecule has 0 unspecified atom stereocenters. The summed E-state index contributed by atoms with van der Waals surface area (Å²) < 4.78 is 37.5. The maximum Gasteiger partial charge on any atom is 0.416 e. The lowest BCUT2D eigenvalue weighted by Crippen LogP contribution is -2.23. The molecule has 0 amide bonds. The van der Waals surface area contributed by atoms with Gasteiger partial charge in [-0.05, 0) is 26.0 Å². The van der Waals surface area contributed by atoms with E-state index in [1.54, 1.807) is 4.90 Å². The maximum absolute atomic E-state index is 12.5. The van der Waals surface area contributed by atoms with Crippen LogP contribution in [0.4, 0.5) is 19.0 Å². The van der Waals surface area contributed by atoms with Crippen molar-refractivity contribution in [1.82, 2.24) is 4.98 Å². The molecule has 0 aliphatic heterocycles. The number of nitrogens with zero attached hydrogens (tertiary/aromatic N) is 2. The van der Waals surface area contributed by atoms with Crippen molar-refractivity contribution in [3.8, 4) is 0 Å². The van der Waals surface area contributed by atoms with Gasteiger partial charge in [-0.3, -0.25) is 0 Å². The highest BCUT2D eigenvalue weighted by Gasteiger charge is 2.31. The summed E-state index contributed by atoms with van der Waals surface area (Å²) in [6, 6.07) is 1.84. The second-order valence-corrected chi connectivity index (χ2v) is 3.59. The molecule has 1 aromatic heterocycles. The van der Waals surface area contributed by atoms with E-state index in [1.807, 2.05) is 13.8 Å². The molecule has 1 aromatic rings. The Morgan fingerprint density at radius 3 is 2.25 bits per heavy atom. The average molecular weight is 253 g/mol. The molecule has 0 N–H and O–H groups in total. The smallest absolute Gasteiger partial charge is 0.357 e.